The van der Waals surface area contributed by atoms with Crippen LogP contribution in [0.3, 0.4) is 0 Å². The molecule has 24 heavy (non-hydrogen) atoms. The van der Waals surface area contributed by atoms with Crippen molar-refractivity contribution < 1.29 is 18.7 Å². The summed E-state index contributed by atoms with van der Waals surface area (Å²) in [4.78, 5) is 13.0. The number of nitrogens with zero attached hydrogens (tertiary/aromatic N) is 1. The summed E-state index contributed by atoms with van der Waals surface area (Å²) in [6, 6.07) is 9.95. The molecule has 1 fully saturated rings. The van der Waals surface area contributed by atoms with Crippen molar-refractivity contribution in [3.63, 3.8) is 0 Å². The number of benzene rings is 2. The summed E-state index contributed by atoms with van der Waals surface area (Å²) >= 11 is 0. The van der Waals surface area contributed by atoms with Crippen LogP contribution in [0.2, 0.25) is 0 Å². The number of cyclic esters (lactones) is 1. The highest BCUT2D eigenvalue weighted by atomic mass is 19.1. The molecule has 2 aromatic carbocycles. The van der Waals surface area contributed by atoms with E-state index in [4.69, 9.17) is 15.2 Å². The van der Waals surface area contributed by atoms with Crippen molar-refractivity contribution in [2.45, 2.75) is 6.54 Å². The molecule has 0 radical (unpaired) electrons. The highest BCUT2D eigenvalue weighted by molar-refractivity contribution is 5.91. The Morgan fingerprint density at radius 3 is 2.62 bits per heavy atom. The van der Waals surface area contributed by atoms with Crippen LogP contribution in [-0.4, -0.2) is 19.7 Å². The maximum absolute atomic E-state index is 14.6. The van der Waals surface area contributed by atoms with Gasteiger partial charge in [-0.05, 0) is 29.8 Å². The molecule has 1 heterocycles. The van der Waals surface area contributed by atoms with Gasteiger partial charge in [-0.2, -0.15) is 0 Å². The molecule has 1 aliphatic heterocycles. The monoisotopic (exact) mass is 328 g/mol. The summed E-state index contributed by atoms with van der Waals surface area (Å²) in [6.07, 6.45) is -0.558. The van der Waals surface area contributed by atoms with Crippen molar-refractivity contribution in [1.29, 1.82) is 0 Å². The molecule has 3 rings (SSSR count). The Labute approximate surface area is 139 Å². The standard InChI is InChI=1S/C18H17FN2O3/c1-11-10-21(18(22)24-11)13-4-6-14(16(19)8-13)15-5-3-12(9-20)7-17(15)23-2/h3-8H,1,9-10,20H2,2H3. The van der Waals surface area contributed by atoms with Crippen LogP contribution in [0.25, 0.3) is 11.1 Å². The third-order valence-electron chi connectivity index (χ3n) is 3.84. The summed E-state index contributed by atoms with van der Waals surface area (Å²) in [5, 5.41) is 0. The van der Waals surface area contributed by atoms with E-state index in [0.29, 0.717) is 34.9 Å². The first-order valence-corrected chi connectivity index (χ1v) is 7.37. The van der Waals surface area contributed by atoms with Crippen LogP contribution in [-0.2, 0) is 11.3 Å². The van der Waals surface area contributed by atoms with E-state index in [1.165, 1.54) is 18.1 Å². The summed E-state index contributed by atoms with van der Waals surface area (Å²) in [5.74, 6) is 0.415. The number of nitrogens with two attached hydrogens (primary N) is 1. The molecule has 0 unspecified atom stereocenters. The van der Waals surface area contributed by atoms with Gasteiger partial charge in [0.1, 0.15) is 17.3 Å². The molecule has 0 aromatic heterocycles. The number of anilines is 1. The van der Waals surface area contributed by atoms with Crippen LogP contribution >= 0.6 is 0 Å². The Morgan fingerprint density at radius 2 is 2.04 bits per heavy atom. The summed E-state index contributed by atoms with van der Waals surface area (Å²) < 4.78 is 24.9. The molecule has 1 saturated heterocycles. The molecule has 0 spiro atoms. The lowest BCUT2D eigenvalue weighted by atomic mass is 10.0. The number of ether oxygens (including phenoxy) is 2. The van der Waals surface area contributed by atoms with Crippen LogP contribution in [0.4, 0.5) is 14.9 Å². The molecule has 0 aliphatic carbocycles. The fourth-order valence-electron chi connectivity index (χ4n) is 2.62. The number of rotatable bonds is 4. The average Bonchev–Trinajstić information content (AvgIpc) is 2.92. The third-order valence-corrected chi connectivity index (χ3v) is 3.84. The molecule has 5 nitrogen and oxygen atoms in total. The SMILES string of the molecule is C=C1CN(c2ccc(-c3ccc(CN)cc3OC)c(F)c2)C(=O)O1. The van der Waals surface area contributed by atoms with Crippen molar-refractivity contribution >= 4 is 11.8 Å². The second-order valence-corrected chi connectivity index (χ2v) is 5.40. The van der Waals surface area contributed by atoms with Crippen molar-refractivity contribution in [2.24, 2.45) is 5.73 Å². The van der Waals surface area contributed by atoms with Gasteiger partial charge in [-0.1, -0.05) is 18.7 Å². The van der Waals surface area contributed by atoms with E-state index in [1.807, 2.05) is 6.07 Å². The van der Waals surface area contributed by atoms with Crippen LogP contribution in [0.1, 0.15) is 5.56 Å². The van der Waals surface area contributed by atoms with Crippen molar-refractivity contribution in [1.82, 2.24) is 0 Å². The van der Waals surface area contributed by atoms with Gasteiger partial charge in [0.15, 0.2) is 0 Å². The molecule has 1 aliphatic rings. The van der Waals surface area contributed by atoms with Gasteiger partial charge in [0.05, 0.1) is 19.3 Å². The number of carbonyl (C=O) groups is 1. The van der Waals surface area contributed by atoms with E-state index in [1.54, 1.807) is 24.3 Å². The van der Waals surface area contributed by atoms with Gasteiger partial charge in [-0.15, -0.1) is 0 Å². The zero-order valence-corrected chi connectivity index (χ0v) is 13.2. The molecule has 0 bridgehead atoms. The topological polar surface area (TPSA) is 64.8 Å². The summed E-state index contributed by atoms with van der Waals surface area (Å²) in [7, 11) is 1.53. The summed E-state index contributed by atoms with van der Waals surface area (Å²) in [6.45, 7) is 4.19. The summed E-state index contributed by atoms with van der Waals surface area (Å²) in [5.41, 5.74) is 7.93. The average molecular weight is 328 g/mol. The molecule has 124 valence electrons. The molecule has 2 N–H and O–H groups in total. The lowest BCUT2D eigenvalue weighted by molar-refractivity contribution is 0.199. The van der Waals surface area contributed by atoms with Crippen LogP contribution in [0, 0.1) is 5.82 Å². The van der Waals surface area contributed by atoms with E-state index in [0.717, 1.165) is 5.56 Å². The molecular formula is C18H17FN2O3. The number of halogens is 1. The van der Waals surface area contributed by atoms with Crippen molar-refractivity contribution in [2.75, 3.05) is 18.6 Å². The zero-order chi connectivity index (χ0) is 17.3. The van der Waals surface area contributed by atoms with E-state index < -0.39 is 11.9 Å². The highest BCUT2D eigenvalue weighted by Gasteiger charge is 2.27. The number of carbonyl (C=O) groups excluding carboxylic acids is 1. The maximum atomic E-state index is 14.6. The molecule has 0 atom stereocenters. The Hall–Kier alpha value is -2.86. The fraction of sp³-hybridized carbons (Fsp3) is 0.167. The van der Waals surface area contributed by atoms with Crippen molar-refractivity contribution in [3.05, 3.63) is 60.1 Å². The molecular weight excluding hydrogens is 311 g/mol. The minimum absolute atomic E-state index is 0.214. The normalized spacial score (nSPS) is 14.0. The van der Waals surface area contributed by atoms with Gasteiger partial charge in [0.25, 0.3) is 0 Å². The van der Waals surface area contributed by atoms with Gasteiger partial charge in [0, 0.05) is 17.7 Å². The third kappa shape index (κ3) is 2.83. The van der Waals surface area contributed by atoms with E-state index in [-0.39, 0.29) is 6.54 Å². The number of hydrogen-bond acceptors (Lipinski definition) is 4. The van der Waals surface area contributed by atoms with E-state index in [9.17, 15) is 9.18 Å². The first-order valence-electron chi connectivity index (χ1n) is 7.37. The van der Waals surface area contributed by atoms with Gasteiger partial charge in [0.2, 0.25) is 0 Å². The van der Waals surface area contributed by atoms with Crippen LogP contribution < -0.4 is 15.4 Å². The van der Waals surface area contributed by atoms with E-state index in [2.05, 4.69) is 6.58 Å². The predicted octanol–water partition coefficient (Wildman–Crippen LogP) is 3.43. The van der Waals surface area contributed by atoms with Gasteiger partial charge < -0.3 is 15.2 Å². The molecule has 2 aromatic rings. The Bertz CT molecular complexity index is 820. The molecule has 6 heteroatoms. The first-order chi connectivity index (χ1) is 11.5. The van der Waals surface area contributed by atoms with Gasteiger partial charge in [-0.3, -0.25) is 4.90 Å². The minimum atomic E-state index is -0.558. The zero-order valence-electron chi connectivity index (χ0n) is 13.2. The highest BCUT2D eigenvalue weighted by Crippen LogP contribution is 2.35. The number of methoxy groups -OCH3 is 1. The number of hydrogen-bond donors (Lipinski definition) is 1. The second-order valence-electron chi connectivity index (χ2n) is 5.40. The van der Waals surface area contributed by atoms with Gasteiger partial charge in [-0.25, -0.2) is 9.18 Å². The second kappa shape index (κ2) is 6.33. The smallest absolute Gasteiger partial charge is 0.419 e. The van der Waals surface area contributed by atoms with E-state index >= 15 is 0 Å². The number of amides is 1. The quantitative estimate of drug-likeness (QED) is 0.934. The Kier molecular flexibility index (Phi) is 4.22. The largest absolute Gasteiger partial charge is 0.496 e. The predicted molar refractivity (Wildman–Crippen MR) is 89.2 cm³/mol. The maximum Gasteiger partial charge on any atom is 0.419 e. The Balaban J connectivity index is 1.99. The lowest BCUT2D eigenvalue weighted by Gasteiger charge is -2.15. The van der Waals surface area contributed by atoms with Crippen LogP contribution in [0.15, 0.2) is 48.7 Å². The lowest BCUT2D eigenvalue weighted by Crippen LogP contribution is -2.23. The minimum Gasteiger partial charge on any atom is -0.496 e. The molecule has 0 saturated carbocycles. The molecule has 1 amide bonds. The van der Waals surface area contributed by atoms with Gasteiger partial charge >= 0.3 is 6.09 Å². The van der Waals surface area contributed by atoms with Crippen molar-refractivity contribution in [3.8, 4) is 16.9 Å². The fourth-order valence-corrected chi connectivity index (χ4v) is 2.62. The van der Waals surface area contributed by atoms with Crippen LogP contribution in [0.5, 0.6) is 5.75 Å². The first kappa shape index (κ1) is 16.0. The Morgan fingerprint density at radius 1 is 1.29 bits per heavy atom.